The highest BCUT2D eigenvalue weighted by molar-refractivity contribution is 9.10. The molecule has 1 fully saturated rings. The summed E-state index contributed by atoms with van der Waals surface area (Å²) >= 11 is 3.32. The maximum Gasteiger partial charge on any atom is 0.264 e. The second-order valence-electron chi connectivity index (χ2n) is 7.70. The Balaban J connectivity index is 1.91. The molecule has 8 nitrogen and oxygen atoms in total. The van der Waals surface area contributed by atoms with Gasteiger partial charge in [-0.05, 0) is 66.0 Å². The van der Waals surface area contributed by atoms with Crippen molar-refractivity contribution in [1.29, 1.82) is 0 Å². The Kier molecular flexibility index (Phi) is 7.45. The summed E-state index contributed by atoms with van der Waals surface area (Å²) < 4.78 is 33.9. The minimum atomic E-state index is -4.05. The fraction of sp³-hybridized carbons (Fsp3) is 0.364. The number of halogens is 1. The van der Waals surface area contributed by atoms with Gasteiger partial charge in [0.15, 0.2) is 0 Å². The number of sulfonamides is 1. The Morgan fingerprint density at radius 1 is 1.16 bits per heavy atom. The van der Waals surface area contributed by atoms with Crippen molar-refractivity contribution in [1.82, 2.24) is 4.90 Å². The number of hydrogen-bond donors (Lipinski definition) is 1. The van der Waals surface area contributed by atoms with Crippen LogP contribution in [-0.4, -0.2) is 51.9 Å². The van der Waals surface area contributed by atoms with E-state index < -0.39 is 10.0 Å². The maximum absolute atomic E-state index is 13.6. The fourth-order valence-electron chi connectivity index (χ4n) is 3.60. The second kappa shape index (κ2) is 9.91. The number of carbonyl (C=O) groups is 2. The third-order valence-corrected chi connectivity index (χ3v) is 7.95. The van der Waals surface area contributed by atoms with E-state index in [-0.39, 0.29) is 29.2 Å². The van der Waals surface area contributed by atoms with Crippen LogP contribution in [0.15, 0.2) is 51.8 Å². The Labute approximate surface area is 196 Å². The van der Waals surface area contributed by atoms with Crippen molar-refractivity contribution in [2.45, 2.75) is 24.7 Å². The number of likely N-dealkylation sites (tertiary alicyclic amines) is 1. The quantitative estimate of drug-likeness (QED) is 0.599. The molecule has 0 atom stereocenters. The van der Waals surface area contributed by atoms with Crippen LogP contribution in [0.2, 0.25) is 0 Å². The molecule has 2 aromatic carbocycles. The number of anilines is 1. The SMILES string of the molecule is COc1ccc(S(=O)(=O)N(CC(=O)N2CCC(C(N)=O)CC2)c2ccc(C)cc2)cc1Br. The topological polar surface area (TPSA) is 110 Å². The number of aryl methyl sites for hydroxylation is 1. The first kappa shape index (κ1) is 24.1. The maximum atomic E-state index is 13.6. The number of hydrogen-bond acceptors (Lipinski definition) is 5. The molecule has 1 heterocycles. The zero-order valence-corrected chi connectivity index (χ0v) is 20.4. The first-order chi connectivity index (χ1) is 15.1. The van der Waals surface area contributed by atoms with Crippen molar-refractivity contribution in [3.8, 4) is 5.75 Å². The van der Waals surface area contributed by atoms with Gasteiger partial charge >= 0.3 is 0 Å². The van der Waals surface area contributed by atoms with E-state index in [0.29, 0.717) is 41.8 Å². The third kappa shape index (κ3) is 5.24. The molecule has 1 aliphatic heterocycles. The first-order valence-electron chi connectivity index (χ1n) is 10.1. The lowest BCUT2D eigenvalue weighted by Gasteiger charge is -2.33. The summed E-state index contributed by atoms with van der Waals surface area (Å²) in [7, 11) is -2.55. The van der Waals surface area contributed by atoms with Gasteiger partial charge in [-0.15, -0.1) is 0 Å². The van der Waals surface area contributed by atoms with Crippen LogP contribution in [0.5, 0.6) is 5.75 Å². The zero-order chi connectivity index (χ0) is 23.5. The Hall–Kier alpha value is -2.59. The third-order valence-electron chi connectivity index (χ3n) is 5.56. The molecule has 2 amide bonds. The summed E-state index contributed by atoms with van der Waals surface area (Å²) in [4.78, 5) is 26.1. The van der Waals surface area contributed by atoms with Crippen LogP contribution in [-0.2, 0) is 19.6 Å². The van der Waals surface area contributed by atoms with Crippen molar-refractivity contribution >= 4 is 43.5 Å². The van der Waals surface area contributed by atoms with Crippen LogP contribution in [0.4, 0.5) is 5.69 Å². The van der Waals surface area contributed by atoms with E-state index >= 15 is 0 Å². The van der Waals surface area contributed by atoms with Crippen molar-refractivity contribution in [3.63, 3.8) is 0 Å². The molecule has 10 heteroatoms. The van der Waals surface area contributed by atoms with Crippen LogP contribution >= 0.6 is 15.9 Å². The van der Waals surface area contributed by atoms with Crippen LogP contribution < -0.4 is 14.8 Å². The molecule has 2 N–H and O–H groups in total. The molecule has 2 aromatic rings. The highest BCUT2D eigenvalue weighted by Gasteiger charge is 2.31. The molecule has 0 aromatic heterocycles. The summed E-state index contributed by atoms with van der Waals surface area (Å²) in [5.41, 5.74) is 6.73. The van der Waals surface area contributed by atoms with Crippen LogP contribution in [0, 0.1) is 12.8 Å². The highest BCUT2D eigenvalue weighted by Crippen LogP contribution is 2.31. The van der Waals surface area contributed by atoms with E-state index in [0.717, 1.165) is 9.87 Å². The van der Waals surface area contributed by atoms with Gasteiger partial charge in [0.2, 0.25) is 11.8 Å². The number of nitrogens with zero attached hydrogens (tertiary/aromatic N) is 2. The molecule has 0 saturated carbocycles. The molecule has 172 valence electrons. The molecule has 0 spiro atoms. The van der Waals surface area contributed by atoms with E-state index in [1.54, 1.807) is 35.2 Å². The minimum absolute atomic E-state index is 0.0333. The summed E-state index contributed by atoms with van der Waals surface area (Å²) in [6.45, 7) is 2.28. The van der Waals surface area contributed by atoms with Gasteiger partial charge in [-0.2, -0.15) is 0 Å². The first-order valence-corrected chi connectivity index (χ1v) is 12.4. The molecule has 0 unspecified atom stereocenters. The van der Waals surface area contributed by atoms with E-state index in [4.69, 9.17) is 10.5 Å². The fourth-order valence-corrected chi connectivity index (χ4v) is 5.73. The van der Waals surface area contributed by atoms with Crippen LogP contribution in [0.1, 0.15) is 18.4 Å². The van der Waals surface area contributed by atoms with Gasteiger partial charge in [-0.25, -0.2) is 8.42 Å². The monoisotopic (exact) mass is 523 g/mol. The summed E-state index contributed by atoms with van der Waals surface area (Å²) in [5.74, 6) is -0.456. The number of piperidine rings is 1. The minimum Gasteiger partial charge on any atom is -0.496 e. The van der Waals surface area contributed by atoms with Crippen LogP contribution in [0.25, 0.3) is 0 Å². The molecular weight excluding hydrogens is 498 g/mol. The van der Waals surface area contributed by atoms with Crippen molar-refractivity contribution in [2.75, 3.05) is 31.0 Å². The number of methoxy groups -OCH3 is 1. The number of nitrogens with two attached hydrogens (primary N) is 1. The highest BCUT2D eigenvalue weighted by atomic mass is 79.9. The zero-order valence-electron chi connectivity index (χ0n) is 18.0. The van der Waals surface area contributed by atoms with Gasteiger partial charge in [0.05, 0.1) is 22.2 Å². The normalized spacial score (nSPS) is 14.8. The average molecular weight is 524 g/mol. The van der Waals surface area contributed by atoms with Gasteiger partial charge < -0.3 is 15.4 Å². The molecule has 1 aliphatic rings. The standard InChI is InChI=1S/C22H26BrN3O5S/c1-15-3-5-17(6-4-15)26(14-21(27)25-11-9-16(10-12-25)22(24)28)32(29,30)18-7-8-20(31-2)19(23)13-18/h3-8,13,16H,9-12,14H2,1-2H3,(H2,24,28). The summed E-state index contributed by atoms with van der Waals surface area (Å²) in [6, 6.07) is 11.4. The Bertz CT molecular complexity index is 1100. The molecule has 1 saturated heterocycles. The second-order valence-corrected chi connectivity index (χ2v) is 10.4. The smallest absolute Gasteiger partial charge is 0.264 e. The van der Waals surface area contributed by atoms with E-state index in [2.05, 4.69) is 15.9 Å². The lowest BCUT2D eigenvalue weighted by Crippen LogP contribution is -2.47. The van der Waals surface area contributed by atoms with E-state index in [1.165, 1.54) is 19.2 Å². The molecule has 32 heavy (non-hydrogen) atoms. The Morgan fingerprint density at radius 2 is 1.78 bits per heavy atom. The Morgan fingerprint density at radius 3 is 2.31 bits per heavy atom. The predicted octanol–water partition coefficient (Wildman–Crippen LogP) is 2.69. The average Bonchev–Trinajstić information content (AvgIpc) is 2.78. The lowest BCUT2D eigenvalue weighted by molar-refractivity contribution is -0.133. The lowest BCUT2D eigenvalue weighted by atomic mass is 9.96. The molecule has 0 aliphatic carbocycles. The van der Waals surface area contributed by atoms with Gasteiger partial charge in [-0.1, -0.05) is 17.7 Å². The van der Waals surface area contributed by atoms with Crippen LogP contribution in [0.3, 0.4) is 0 Å². The molecule has 3 rings (SSSR count). The van der Waals surface area contributed by atoms with Crippen molar-refractivity contribution < 1.29 is 22.7 Å². The number of amides is 2. The van der Waals surface area contributed by atoms with Gasteiger partial charge in [0, 0.05) is 19.0 Å². The van der Waals surface area contributed by atoms with Crippen molar-refractivity contribution in [3.05, 3.63) is 52.5 Å². The van der Waals surface area contributed by atoms with Crippen molar-refractivity contribution in [2.24, 2.45) is 11.7 Å². The molecule has 0 radical (unpaired) electrons. The predicted molar refractivity (Wildman–Crippen MR) is 125 cm³/mol. The number of rotatable bonds is 7. The number of ether oxygens (including phenoxy) is 1. The van der Waals surface area contributed by atoms with E-state index in [1.807, 2.05) is 6.92 Å². The number of carbonyl (C=O) groups excluding carboxylic acids is 2. The summed E-state index contributed by atoms with van der Waals surface area (Å²) in [5, 5.41) is 0. The molecule has 0 bridgehead atoms. The van der Waals surface area contributed by atoms with Gasteiger partial charge in [0.25, 0.3) is 10.0 Å². The summed E-state index contributed by atoms with van der Waals surface area (Å²) in [6.07, 6.45) is 0.952. The van der Waals surface area contributed by atoms with Gasteiger partial charge in [-0.3, -0.25) is 13.9 Å². The van der Waals surface area contributed by atoms with Gasteiger partial charge in [0.1, 0.15) is 12.3 Å². The number of benzene rings is 2. The largest absolute Gasteiger partial charge is 0.496 e. The number of primary amides is 1. The molecular formula is C22H26BrN3O5S. The van der Waals surface area contributed by atoms with E-state index in [9.17, 15) is 18.0 Å².